The Morgan fingerprint density at radius 1 is 1.19 bits per heavy atom. The van der Waals surface area contributed by atoms with Crippen LogP contribution < -0.4 is 5.32 Å². The van der Waals surface area contributed by atoms with Crippen molar-refractivity contribution in [3.63, 3.8) is 0 Å². The Morgan fingerprint density at radius 2 is 1.94 bits per heavy atom. The highest BCUT2D eigenvalue weighted by atomic mass is 15.2. The molecule has 0 saturated heterocycles. The van der Waals surface area contributed by atoms with Gasteiger partial charge in [-0.05, 0) is 51.0 Å². The number of nitrogens with zero attached hydrogens (tertiary/aromatic N) is 1. The molecule has 2 heteroatoms. The number of nitrogens with one attached hydrogen (secondary N) is 1. The van der Waals surface area contributed by atoms with E-state index in [1.165, 1.54) is 58.2 Å². The Hall–Kier alpha value is -0.0800. The van der Waals surface area contributed by atoms with Crippen molar-refractivity contribution in [3.8, 4) is 0 Å². The van der Waals surface area contributed by atoms with Gasteiger partial charge in [-0.2, -0.15) is 0 Å². The second-order valence-corrected chi connectivity index (χ2v) is 5.69. The minimum Gasteiger partial charge on any atom is -0.313 e. The van der Waals surface area contributed by atoms with Crippen molar-refractivity contribution < 1.29 is 0 Å². The van der Waals surface area contributed by atoms with Crippen LogP contribution in [0.4, 0.5) is 0 Å². The van der Waals surface area contributed by atoms with Gasteiger partial charge in [0.05, 0.1) is 0 Å². The molecular formula is C14H28N2. The second kappa shape index (κ2) is 6.02. The van der Waals surface area contributed by atoms with Crippen molar-refractivity contribution in [2.75, 3.05) is 19.6 Å². The fraction of sp³-hybridized carbons (Fsp3) is 1.00. The number of hydrogen-bond donors (Lipinski definition) is 1. The van der Waals surface area contributed by atoms with Gasteiger partial charge >= 0.3 is 0 Å². The first-order chi connectivity index (χ1) is 7.83. The third-order valence-electron chi connectivity index (χ3n) is 3.88. The van der Waals surface area contributed by atoms with Crippen LogP contribution in [0.5, 0.6) is 0 Å². The molecule has 2 saturated carbocycles. The molecule has 2 aliphatic rings. The van der Waals surface area contributed by atoms with E-state index in [4.69, 9.17) is 0 Å². The van der Waals surface area contributed by atoms with Gasteiger partial charge < -0.3 is 5.32 Å². The molecule has 2 nitrogen and oxygen atoms in total. The first kappa shape index (κ1) is 12.4. The Morgan fingerprint density at radius 3 is 2.44 bits per heavy atom. The summed E-state index contributed by atoms with van der Waals surface area (Å²) in [6, 6.07) is 1.66. The first-order valence-electron chi connectivity index (χ1n) is 7.30. The van der Waals surface area contributed by atoms with Crippen LogP contribution in [0.3, 0.4) is 0 Å². The minimum absolute atomic E-state index is 0.722. The van der Waals surface area contributed by atoms with Crippen LogP contribution in [-0.4, -0.2) is 36.6 Å². The second-order valence-electron chi connectivity index (χ2n) is 5.69. The monoisotopic (exact) mass is 224 g/mol. The topological polar surface area (TPSA) is 15.3 Å². The molecule has 0 amide bonds. The molecule has 94 valence electrons. The molecule has 0 bridgehead atoms. The average Bonchev–Trinajstić information content (AvgIpc) is 3.15. The van der Waals surface area contributed by atoms with Crippen LogP contribution in [0.2, 0.25) is 0 Å². The van der Waals surface area contributed by atoms with E-state index < -0.39 is 0 Å². The van der Waals surface area contributed by atoms with Gasteiger partial charge in [0.1, 0.15) is 0 Å². The van der Waals surface area contributed by atoms with Crippen LogP contribution in [0, 0.1) is 5.92 Å². The number of rotatable bonds is 9. The van der Waals surface area contributed by atoms with Crippen molar-refractivity contribution in [1.82, 2.24) is 10.2 Å². The maximum absolute atomic E-state index is 3.68. The smallest absolute Gasteiger partial charge is 0.0192 e. The van der Waals surface area contributed by atoms with Gasteiger partial charge in [-0.25, -0.2) is 0 Å². The molecule has 0 aromatic carbocycles. The van der Waals surface area contributed by atoms with Gasteiger partial charge in [0.25, 0.3) is 0 Å². The van der Waals surface area contributed by atoms with E-state index >= 15 is 0 Å². The normalized spacial score (nSPS) is 22.7. The van der Waals surface area contributed by atoms with Crippen LogP contribution in [0.25, 0.3) is 0 Å². The minimum atomic E-state index is 0.722. The first-order valence-corrected chi connectivity index (χ1v) is 7.30. The summed E-state index contributed by atoms with van der Waals surface area (Å²) in [5.74, 6) is 1.05. The van der Waals surface area contributed by atoms with E-state index in [2.05, 4.69) is 24.1 Å². The Labute approximate surface area is 101 Å². The summed E-state index contributed by atoms with van der Waals surface area (Å²) in [7, 11) is 0. The lowest BCUT2D eigenvalue weighted by molar-refractivity contribution is 0.221. The van der Waals surface area contributed by atoms with E-state index in [0.717, 1.165) is 18.0 Å². The van der Waals surface area contributed by atoms with Gasteiger partial charge in [-0.3, -0.25) is 4.90 Å². The van der Waals surface area contributed by atoms with Crippen molar-refractivity contribution in [3.05, 3.63) is 0 Å². The molecule has 0 aromatic rings. The van der Waals surface area contributed by atoms with Gasteiger partial charge in [0.15, 0.2) is 0 Å². The van der Waals surface area contributed by atoms with Crippen LogP contribution in [-0.2, 0) is 0 Å². The Bertz CT molecular complexity index is 197. The van der Waals surface area contributed by atoms with E-state index in [1.807, 2.05) is 0 Å². The van der Waals surface area contributed by atoms with E-state index in [9.17, 15) is 0 Å². The highest BCUT2D eigenvalue weighted by Crippen LogP contribution is 2.34. The zero-order valence-corrected chi connectivity index (χ0v) is 11.0. The third kappa shape index (κ3) is 4.06. The summed E-state index contributed by atoms with van der Waals surface area (Å²) < 4.78 is 0. The van der Waals surface area contributed by atoms with Crippen molar-refractivity contribution in [2.24, 2.45) is 5.92 Å². The molecule has 2 rings (SSSR count). The van der Waals surface area contributed by atoms with Crippen molar-refractivity contribution in [1.29, 1.82) is 0 Å². The lowest BCUT2D eigenvalue weighted by Crippen LogP contribution is -2.42. The molecule has 1 unspecified atom stereocenters. The molecule has 16 heavy (non-hydrogen) atoms. The predicted molar refractivity (Wildman–Crippen MR) is 69.7 cm³/mol. The summed E-state index contributed by atoms with van der Waals surface area (Å²) >= 11 is 0. The third-order valence-corrected chi connectivity index (χ3v) is 3.88. The molecule has 1 atom stereocenters. The largest absolute Gasteiger partial charge is 0.313 e. The van der Waals surface area contributed by atoms with E-state index in [-0.39, 0.29) is 0 Å². The summed E-state index contributed by atoms with van der Waals surface area (Å²) in [5.41, 5.74) is 0. The predicted octanol–water partition coefficient (Wildman–Crippen LogP) is 2.64. The van der Waals surface area contributed by atoms with E-state index in [0.29, 0.717) is 0 Å². The fourth-order valence-electron chi connectivity index (χ4n) is 2.41. The lowest BCUT2D eigenvalue weighted by Gasteiger charge is -2.27. The Kier molecular flexibility index (Phi) is 4.66. The quantitative estimate of drug-likeness (QED) is 0.648. The van der Waals surface area contributed by atoms with Gasteiger partial charge in [-0.1, -0.05) is 13.8 Å². The van der Waals surface area contributed by atoms with Crippen molar-refractivity contribution >= 4 is 0 Å². The van der Waals surface area contributed by atoms with E-state index in [1.54, 1.807) is 0 Å². The number of hydrogen-bond acceptors (Lipinski definition) is 2. The molecule has 2 fully saturated rings. The Balaban J connectivity index is 1.72. The maximum atomic E-state index is 3.68. The zero-order chi connectivity index (χ0) is 11.4. The molecule has 0 heterocycles. The van der Waals surface area contributed by atoms with Crippen molar-refractivity contribution in [2.45, 2.75) is 64.5 Å². The summed E-state index contributed by atoms with van der Waals surface area (Å²) in [5, 5.41) is 3.68. The van der Waals surface area contributed by atoms with Crippen LogP contribution >= 0.6 is 0 Å². The summed E-state index contributed by atoms with van der Waals surface area (Å²) in [4.78, 5) is 2.77. The van der Waals surface area contributed by atoms with Gasteiger partial charge in [-0.15, -0.1) is 0 Å². The highest BCUT2D eigenvalue weighted by molar-refractivity contribution is 4.90. The van der Waals surface area contributed by atoms with Crippen LogP contribution in [0.15, 0.2) is 0 Å². The molecule has 0 radical (unpaired) electrons. The fourth-order valence-corrected chi connectivity index (χ4v) is 2.41. The average molecular weight is 224 g/mol. The molecule has 1 N–H and O–H groups in total. The molecule has 0 spiro atoms. The SMILES string of the molecule is CCCNC(CC)CN(CC1CC1)C1CC1. The van der Waals surface area contributed by atoms with Gasteiger partial charge in [0, 0.05) is 25.2 Å². The maximum Gasteiger partial charge on any atom is 0.0192 e. The standard InChI is InChI=1S/C14H28N2/c1-3-9-15-13(4-2)11-16(14-7-8-14)10-12-5-6-12/h12-15H,3-11H2,1-2H3. The van der Waals surface area contributed by atoms with Crippen LogP contribution in [0.1, 0.15) is 52.4 Å². The van der Waals surface area contributed by atoms with Gasteiger partial charge in [0.2, 0.25) is 0 Å². The highest BCUT2D eigenvalue weighted by Gasteiger charge is 2.34. The molecule has 0 aliphatic heterocycles. The summed E-state index contributed by atoms with van der Waals surface area (Å²) in [6.45, 7) is 8.42. The summed E-state index contributed by atoms with van der Waals surface area (Å²) in [6.07, 6.45) is 8.41. The molecular weight excluding hydrogens is 196 g/mol. The lowest BCUT2D eigenvalue weighted by atomic mass is 10.2. The molecule has 0 aromatic heterocycles. The zero-order valence-electron chi connectivity index (χ0n) is 11.0. The molecule has 2 aliphatic carbocycles.